The van der Waals surface area contributed by atoms with E-state index in [1.165, 1.54) is 25.4 Å². The summed E-state index contributed by atoms with van der Waals surface area (Å²) < 4.78 is 19.3. The normalized spacial score (nSPS) is 10.6. The third kappa shape index (κ3) is 4.43. The number of benzene rings is 1. The smallest absolute Gasteiger partial charge is 0.305 e. The molecule has 0 aliphatic rings. The zero-order valence-corrected chi connectivity index (χ0v) is 14.7. The van der Waals surface area contributed by atoms with Gasteiger partial charge in [-0.25, -0.2) is 9.07 Å². The van der Waals surface area contributed by atoms with Crippen molar-refractivity contribution in [3.8, 4) is 5.69 Å². The van der Waals surface area contributed by atoms with Crippen LogP contribution in [-0.2, 0) is 16.0 Å². The van der Waals surface area contributed by atoms with Crippen LogP contribution < -0.4 is 0 Å². The summed E-state index contributed by atoms with van der Waals surface area (Å²) in [7, 11) is 3.03. The van der Waals surface area contributed by atoms with E-state index < -0.39 is 0 Å². The molecule has 0 bridgehead atoms. The number of hydrogen-bond donors (Lipinski definition) is 0. The van der Waals surface area contributed by atoms with Crippen LogP contribution in [0.25, 0.3) is 5.69 Å². The molecule has 25 heavy (non-hydrogen) atoms. The topological polar surface area (TPSA) is 64.4 Å². The number of nitrogens with zero attached hydrogens (tertiary/aromatic N) is 3. The molecule has 1 amide bonds. The predicted octanol–water partition coefficient (Wildman–Crippen LogP) is 2.60. The summed E-state index contributed by atoms with van der Waals surface area (Å²) in [4.78, 5) is 25.4. The van der Waals surface area contributed by atoms with Gasteiger partial charge in [-0.05, 0) is 37.1 Å². The molecule has 0 saturated carbocycles. The lowest BCUT2D eigenvalue weighted by Gasteiger charge is -2.17. The van der Waals surface area contributed by atoms with Crippen molar-refractivity contribution in [2.75, 3.05) is 20.7 Å². The van der Waals surface area contributed by atoms with Gasteiger partial charge in [0.25, 0.3) is 5.91 Å². The Bertz CT molecular complexity index is 741. The first-order chi connectivity index (χ1) is 12.0. The lowest BCUT2D eigenvalue weighted by molar-refractivity contribution is -0.140. The summed E-state index contributed by atoms with van der Waals surface area (Å²) >= 11 is 0. The minimum absolute atomic E-state index is 0.157. The maximum atomic E-state index is 13.1. The average molecular weight is 347 g/mol. The zero-order chi connectivity index (χ0) is 18.4. The highest BCUT2D eigenvalue weighted by Crippen LogP contribution is 2.18. The predicted molar refractivity (Wildman–Crippen MR) is 91.1 cm³/mol. The van der Waals surface area contributed by atoms with Crippen molar-refractivity contribution >= 4 is 11.9 Å². The van der Waals surface area contributed by atoms with Crippen LogP contribution in [-0.4, -0.2) is 47.3 Å². The van der Waals surface area contributed by atoms with Crippen LogP contribution in [0.1, 0.15) is 35.8 Å². The van der Waals surface area contributed by atoms with Crippen LogP contribution in [0.5, 0.6) is 0 Å². The van der Waals surface area contributed by atoms with Crippen LogP contribution in [0.15, 0.2) is 30.5 Å². The van der Waals surface area contributed by atoms with Gasteiger partial charge in [-0.1, -0.05) is 6.92 Å². The van der Waals surface area contributed by atoms with Crippen LogP contribution in [0.2, 0.25) is 0 Å². The molecule has 7 heteroatoms. The number of carbonyl (C=O) groups excluding carboxylic acids is 2. The van der Waals surface area contributed by atoms with Gasteiger partial charge in [0.2, 0.25) is 0 Å². The molecule has 0 atom stereocenters. The molecule has 6 nitrogen and oxygen atoms in total. The molecular formula is C18H22FN3O3. The third-order valence-corrected chi connectivity index (χ3v) is 3.95. The molecule has 2 aromatic rings. The van der Waals surface area contributed by atoms with Gasteiger partial charge >= 0.3 is 5.97 Å². The van der Waals surface area contributed by atoms with Crippen molar-refractivity contribution in [1.82, 2.24) is 14.7 Å². The van der Waals surface area contributed by atoms with Crippen molar-refractivity contribution in [2.24, 2.45) is 0 Å². The maximum Gasteiger partial charge on any atom is 0.305 e. The van der Waals surface area contributed by atoms with Crippen LogP contribution in [0.4, 0.5) is 4.39 Å². The van der Waals surface area contributed by atoms with Crippen molar-refractivity contribution in [3.05, 3.63) is 47.5 Å². The first kappa shape index (κ1) is 18.6. The van der Waals surface area contributed by atoms with Crippen LogP contribution in [0, 0.1) is 5.82 Å². The second-order valence-corrected chi connectivity index (χ2v) is 5.65. The average Bonchev–Trinajstić information content (AvgIpc) is 3.05. The molecule has 134 valence electrons. The zero-order valence-electron chi connectivity index (χ0n) is 14.7. The van der Waals surface area contributed by atoms with Crippen molar-refractivity contribution in [2.45, 2.75) is 26.2 Å². The van der Waals surface area contributed by atoms with Gasteiger partial charge < -0.3 is 9.64 Å². The van der Waals surface area contributed by atoms with E-state index in [4.69, 9.17) is 0 Å². The Morgan fingerprint density at radius 1 is 1.28 bits per heavy atom. The van der Waals surface area contributed by atoms with Gasteiger partial charge in [-0.2, -0.15) is 5.10 Å². The number of methoxy groups -OCH3 is 1. The molecule has 0 fully saturated rings. The number of aromatic nitrogens is 2. The maximum absolute atomic E-state index is 13.1. The molecule has 1 aromatic heterocycles. The summed E-state index contributed by atoms with van der Waals surface area (Å²) in [5.74, 6) is -0.773. The molecule has 0 unspecified atom stereocenters. The van der Waals surface area contributed by atoms with Gasteiger partial charge in [0.1, 0.15) is 5.82 Å². The second kappa shape index (κ2) is 8.41. The van der Waals surface area contributed by atoms with Crippen LogP contribution >= 0.6 is 0 Å². The van der Waals surface area contributed by atoms with E-state index in [-0.39, 0.29) is 24.1 Å². The number of amides is 1. The molecule has 0 saturated heterocycles. The quantitative estimate of drug-likeness (QED) is 0.722. The molecule has 0 spiro atoms. The highest BCUT2D eigenvalue weighted by Gasteiger charge is 2.20. The molecule has 0 N–H and O–H groups in total. The molecule has 1 heterocycles. The summed E-state index contributed by atoms with van der Waals surface area (Å²) in [5.41, 5.74) is 1.97. The lowest BCUT2D eigenvalue weighted by atomic mass is 10.1. The minimum Gasteiger partial charge on any atom is -0.469 e. The molecule has 0 aliphatic heterocycles. The number of rotatable bonds is 7. The SMILES string of the molecule is CCc1c(C(=O)N(C)CCCC(=O)OC)cnn1-c1ccc(F)cc1. The number of halogens is 1. The minimum atomic E-state index is -0.324. The number of ether oxygens (including phenoxy) is 1. The fourth-order valence-corrected chi connectivity index (χ4v) is 2.57. The van der Waals surface area contributed by atoms with E-state index in [2.05, 4.69) is 9.84 Å². The van der Waals surface area contributed by atoms with E-state index in [0.29, 0.717) is 30.6 Å². The van der Waals surface area contributed by atoms with Gasteiger partial charge in [-0.15, -0.1) is 0 Å². The van der Waals surface area contributed by atoms with Crippen molar-refractivity contribution in [3.63, 3.8) is 0 Å². The number of esters is 1. The van der Waals surface area contributed by atoms with E-state index in [0.717, 1.165) is 5.69 Å². The Labute approximate surface area is 146 Å². The monoisotopic (exact) mass is 347 g/mol. The number of carbonyl (C=O) groups is 2. The summed E-state index contributed by atoms with van der Waals surface area (Å²) in [6.07, 6.45) is 2.93. The Hall–Kier alpha value is -2.70. The van der Waals surface area contributed by atoms with Crippen LogP contribution in [0.3, 0.4) is 0 Å². The fourth-order valence-electron chi connectivity index (χ4n) is 2.57. The van der Waals surface area contributed by atoms with E-state index >= 15 is 0 Å². The van der Waals surface area contributed by atoms with Gasteiger partial charge in [0.15, 0.2) is 0 Å². The van der Waals surface area contributed by atoms with Gasteiger partial charge in [0.05, 0.1) is 30.3 Å². The van der Waals surface area contributed by atoms with Crippen molar-refractivity contribution in [1.29, 1.82) is 0 Å². The Balaban J connectivity index is 2.14. The highest BCUT2D eigenvalue weighted by molar-refractivity contribution is 5.95. The van der Waals surface area contributed by atoms with Gasteiger partial charge in [0, 0.05) is 20.0 Å². The van der Waals surface area contributed by atoms with E-state index in [9.17, 15) is 14.0 Å². The first-order valence-electron chi connectivity index (χ1n) is 8.13. The largest absolute Gasteiger partial charge is 0.469 e. The van der Waals surface area contributed by atoms with Gasteiger partial charge in [-0.3, -0.25) is 9.59 Å². The van der Waals surface area contributed by atoms with E-state index in [1.807, 2.05) is 6.92 Å². The lowest BCUT2D eigenvalue weighted by Crippen LogP contribution is -2.28. The molecule has 1 aromatic carbocycles. The molecule has 0 aliphatic carbocycles. The standard InChI is InChI=1S/C18H22FN3O3/c1-4-16-15(18(24)21(2)11-5-6-17(23)25-3)12-20-22(16)14-9-7-13(19)8-10-14/h7-10,12H,4-6,11H2,1-3H3. The fraction of sp³-hybridized carbons (Fsp3) is 0.389. The highest BCUT2D eigenvalue weighted by atomic mass is 19.1. The third-order valence-electron chi connectivity index (χ3n) is 3.95. The summed E-state index contributed by atoms with van der Waals surface area (Å²) in [6.45, 7) is 2.38. The molecule has 0 radical (unpaired) electrons. The summed E-state index contributed by atoms with van der Waals surface area (Å²) in [6, 6.07) is 5.96. The Kier molecular flexibility index (Phi) is 6.27. The molecule has 2 rings (SSSR count). The first-order valence-corrected chi connectivity index (χ1v) is 8.13. The summed E-state index contributed by atoms with van der Waals surface area (Å²) in [5, 5.41) is 4.28. The molecular weight excluding hydrogens is 325 g/mol. The van der Waals surface area contributed by atoms with E-state index in [1.54, 1.807) is 28.8 Å². The Morgan fingerprint density at radius 2 is 1.96 bits per heavy atom. The Morgan fingerprint density at radius 3 is 2.56 bits per heavy atom. The number of hydrogen-bond acceptors (Lipinski definition) is 4. The second-order valence-electron chi connectivity index (χ2n) is 5.65. The van der Waals surface area contributed by atoms with Crippen molar-refractivity contribution < 1.29 is 18.7 Å².